The molecule has 1 aliphatic heterocycles. The van der Waals surface area contributed by atoms with Crippen molar-refractivity contribution in [1.82, 2.24) is 0 Å². The van der Waals surface area contributed by atoms with Crippen LogP contribution in [0.15, 0.2) is 72.8 Å². The van der Waals surface area contributed by atoms with Crippen molar-refractivity contribution in [2.75, 3.05) is 22.9 Å². The van der Waals surface area contributed by atoms with Gasteiger partial charge in [0, 0.05) is 24.5 Å². The monoisotopic (exact) mass is 659 g/mol. The summed E-state index contributed by atoms with van der Waals surface area (Å²) < 4.78 is 2.00. The van der Waals surface area contributed by atoms with Gasteiger partial charge in [-0.15, -0.1) is 0 Å². The molecule has 1 heterocycles. The summed E-state index contributed by atoms with van der Waals surface area (Å²) in [5.41, 5.74) is 15.7. The summed E-state index contributed by atoms with van der Waals surface area (Å²) in [5, 5.41) is 0. The molecule has 5 heteroatoms. The minimum Gasteiger partial charge on any atom is -0.502 e. The van der Waals surface area contributed by atoms with Gasteiger partial charge in [-0.1, -0.05) is 35.4 Å². The van der Waals surface area contributed by atoms with Crippen LogP contribution >= 0.6 is 19.4 Å². The van der Waals surface area contributed by atoms with Crippen molar-refractivity contribution in [3.8, 4) is 11.1 Å². The first-order valence-electron chi connectivity index (χ1n) is 13.6. The number of aryl methyl sites for hydroxylation is 6. The third kappa shape index (κ3) is 7.24. The molecule has 0 bridgehead atoms. The third-order valence-corrected chi connectivity index (χ3v) is 9.19. The van der Waals surface area contributed by atoms with Crippen LogP contribution in [0.1, 0.15) is 44.5 Å². The van der Waals surface area contributed by atoms with Crippen LogP contribution in [-0.2, 0) is 13.5 Å². The molecule has 4 aromatic rings. The summed E-state index contributed by atoms with van der Waals surface area (Å²) in [6.45, 7) is 19.7. The topological polar surface area (TPSA) is 6.48 Å². The Morgan fingerprint density at radius 2 is 1.12 bits per heavy atom. The summed E-state index contributed by atoms with van der Waals surface area (Å²) in [6, 6.07) is 25.7. The number of nitrogens with zero attached hydrogens (tertiary/aromatic N) is 2. The summed E-state index contributed by atoms with van der Waals surface area (Å²) in [5.74, 6) is 0. The number of rotatable bonds is 4. The third-order valence-electron chi connectivity index (χ3n) is 7.35. The second-order valence-corrected chi connectivity index (χ2v) is 16.4. The van der Waals surface area contributed by atoms with Crippen LogP contribution in [0.4, 0.5) is 11.4 Å². The van der Waals surface area contributed by atoms with E-state index < -0.39 is 13.5 Å². The van der Waals surface area contributed by atoms with Crippen molar-refractivity contribution < 1.29 is 13.5 Å². The van der Waals surface area contributed by atoms with Crippen LogP contribution in [0.5, 0.6) is 0 Å². The molecule has 0 atom stereocenters. The molecule has 5 rings (SSSR count). The Kier molecular flexibility index (Phi) is 10.3. The molecule has 1 aliphatic rings. The first kappa shape index (κ1) is 30.5. The van der Waals surface area contributed by atoms with Gasteiger partial charge in [0.15, 0.2) is 0 Å². The Morgan fingerprint density at radius 3 is 1.57 bits per heavy atom. The van der Waals surface area contributed by atoms with Crippen molar-refractivity contribution >= 4 is 35.4 Å². The molecule has 212 valence electrons. The Labute approximate surface area is 254 Å². The number of hydrogen-bond donors (Lipinski definition) is 0. The average Bonchev–Trinajstić information content (AvgIpc) is 3.33. The Balaban J connectivity index is 0.000000194. The van der Waals surface area contributed by atoms with E-state index in [0.717, 1.165) is 18.7 Å². The molecular weight excluding hydrogens is 620 g/mol. The second-order valence-electron chi connectivity index (χ2n) is 10.7. The fraction of sp³-hybridized carbons (Fsp3) is 0.257. The first-order valence-corrected chi connectivity index (χ1v) is 19.0. The van der Waals surface area contributed by atoms with Gasteiger partial charge in [0.2, 0.25) is 0 Å². The van der Waals surface area contributed by atoms with Gasteiger partial charge in [-0.25, -0.2) is 0 Å². The van der Waals surface area contributed by atoms with Gasteiger partial charge in [-0.2, -0.15) is 6.67 Å². The van der Waals surface area contributed by atoms with Gasteiger partial charge in [0.1, 0.15) is 0 Å². The molecule has 0 unspecified atom stereocenters. The minimum atomic E-state index is -1.76. The van der Waals surface area contributed by atoms with Crippen molar-refractivity contribution in [3.05, 3.63) is 124 Å². The predicted octanol–water partition coefficient (Wildman–Crippen LogP) is 9.72. The van der Waals surface area contributed by atoms with E-state index in [1.807, 2.05) is 28.9 Å². The van der Waals surface area contributed by atoms with Crippen molar-refractivity contribution in [2.24, 2.45) is 0 Å². The van der Waals surface area contributed by atoms with Crippen molar-refractivity contribution in [1.29, 1.82) is 0 Å². The summed E-state index contributed by atoms with van der Waals surface area (Å²) in [7, 11) is 11.9. The zero-order valence-corrected chi connectivity index (χ0v) is 27.8. The molecule has 1 saturated heterocycles. The molecule has 1 fully saturated rings. The normalized spacial score (nSPS) is 13.2. The predicted molar refractivity (Wildman–Crippen MR) is 174 cm³/mol. The van der Waals surface area contributed by atoms with E-state index in [4.69, 9.17) is 19.4 Å². The van der Waals surface area contributed by atoms with E-state index in [1.54, 1.807) is 0 Å². The molecule has 0 radical (unpaired) electrons. The van der Waals surface area contributed by atoms with Crippen LogP contribution < -0.4 is 9.80 Å². The van der Waals surface area contributed by atoms with E-state index in [-0.39, 0.29) is 0 Å². The van der Waals surface area contributed by atoms with E-state index >= 15 is 0 Å². The maximum Gasteiger partial charge on any atom is 0.0146 e. The average molecular weight is 660 g/mol. The van der Waals surface area contributed by atoms with Crippen LogP contribution in [0.3, 0.4) is 0 Å². The van der Waals surface area contributed by atoms with Crippen molar-refractivity contribution in [3.63, 3.8) is 0 Å². The molecular formula is C35H39Cl2N2Ru-. The van der Waals surface area contributed by atoms with E-state index in [9.17, 15) is 0 Å². The zero-order chi connectivity index (χ0) is 29.0. The van der Waals surface area contributed by atoms with Gasteiger partial charge in [-0.05, 0) is 63.8 Å². The Bertz CT molecular complexity index is 1410. The van der Waals surface area contributed by atoms with Crippen LogP contribution in [-0.4, -0.2) is 17.7 Å². The molecule has 0 aromatic heterocycles. The van der Waals surface area contributed by atoms with Gasteiger partial charge in [0.25, 0.3) is 0 Å². The first-order chi connectivity index (χ1) is 19.0. The minimum absolute atomic E-state index is 1.04. The second kappa shape index (κ2) is 13.5. The molecule has 0 aliphatic carbocycles. The van der Waals surface area contributed by atoms with E-state index in [1.165, 1.54) is 61.4 Å². The van der Waals surface area contributed by atoms with Crippen LogP contribution in [0.25, 0.3) is 11.1 Å². The van der Waals surface area contributed by atoms with Gasteiger partial charge in [-0.3, -0.25) is 0 Å². The molecule has 4 aromatic carbocycles. The van der Waals surface area contributed by atoms with Gasteiger partial charge >= 0.3 is 115 Å². The molecule has 0 spiro atoms. The quantitative estimate of drug-likeness (QED) is 0.159. The van der Waals surface area contributed by atoms with Crippen molar-refractivity contribution in [2.45, 2.75) is 48.5 Å². The van der Waals surface area contributed by atoms with Crippen LogP contribution in [0, 0.1) is 55.1 Å². The molecule has 0 N–H and O–H groups in total. The number of halogens is 2. The molecule has 2 nitrogen and oxygen atoms in total. The fourth-order valence-electron chi connectivity index (χ4n) is 5.87. The Morgan fingerprint density at radius 1 is 0.650 bits per heavy atom. The maximum absolute atomic E-state index is 5.94. The van der Waals surface area contributed by atoms with E-state index in [2.05, 4.69) is 113 Å². The SMILES string of the molecule is Cc1c([CH]=[Ru]([Cl])[Cl])cccc1-c1ccccc1.Cc1cc(C)c(N2[CH-]N(c3c(C)cc(C)cc3C)CC2)c(C)c1. The van der Waals surface area contributed by atoms with Gasteiger partial charge < -0.3 is 9.80 Å². The smallest absolute Gasteiger partial charge is 0.0146 e. The molecule has 0 amide bonds. The number of hydrogen-bond acceptors (Lipinski definition) is 2. The van der Waals surface area contributed by atoms with Crippen LogP contribution in [0.2, 0.25) is 0 Å². The van der Waals surface area contributed by atoms with E-state index in [0.29, 0.717) is 0 Å². The summed E-state index contributed by atoms with van der Waals surface area (Å²) >= 11 is -1.76. The summed E-state index contributed by atoms with van der Waals surface area (Å²) in [6.07, 6.45) is 0. The Hall–Kier alpha value is -2.45. The standard InChI is InChI=1S/C21H27N2.C14H12.2ClH.Ru/c1-14-9-16(3)20(17(4)10-14)22-7-8-23(13-22)21-18(5)11-15(2)12-19(21)6;1-11-7-6-10-14(12(11)2)13-8-4-3-5-9-13;;;/h9-13H,7-8H2,1-6H3;1,3-10H,2H3;2*1H;/q-1;;;;+2/p-2. The summed E-state index contributed by atoms with van der Waals surface area (Å²) in [4.78, 5) is 4.81. The zero-order valence-electron chi connectivity index (χ0n) is 24.5. The maximum atomic E-state index is 5.94. The van der Waals surface area contributed by atoms with Gasteiger partial charge in [0.05, 0.1) is 0 Å². The number of benzene rings is 4. The fourth-order valence-corrected chi connectivity index (χ4v) is 7.80. The largest absolute Gasteiger partial charge is 0.502 e. The molecule has 40 heavy (non-hydrogen) atoms. The molecule has 0 saturated carbocycles. The number of anilines is 2.